The summed E-state index contributed by atoms with van der Waals surface area (Å²) in [6.07, 6.45) is 1.91. The quantitative estimate of drug-likeness (QED) is 0.854. The zero-order valence-corrected chi connectivity index (χ0v) is 13.8. The van der Waals surface area contributed by atoms with Crippen LogP contribution >= 0.6 is 23.5 Å². The summed E-state index contributed by atoms with van der Waals surface area (Å²) in [5, 5.41) is 3.59. The van der Waals surface area contributed by atoms with Gasteiger partial charge in [-0.3, -0.25) is 4.79 Å². The van der Waals surface area contributed by atoms with E-state index in [0.717, 1.165) is 27.1 Å². The van der Waals surface area contributed by atoms with E-state index in [4.69, 9.17) is 0 Å². The van der Waals surface area contributed by atoms with Gasteiger partial charge in [0.25, 0.3) is 0 Å². The SMILES string of the molecule is CSCC(=O)Nc1ccc(Sc2nc(C)cc(C)n2)cc1. The fourth-order valence-electron chi connectivity index (χ4n) is 1.78. The molecule has 1 aromatic heterocycles. The second-order valence-electron chi connectivity index (χ2n) is 4.54. The molecule has 0 saturated carbocycles. The summed E-state index contributed by atoms with van der Waals surface area (Å²) in [5.74, 6) is 0.480. The molecule has 0 aliphatic rings. The van der Waals surface area contributed by atoms with Gasteiger partial charge in [0.05, 0.1) is 5.75 Å². The van der Waals surface area contributed by atoms with E-state index in [0.29, 0.717) is 5.75 Å². The first-order valence-electron chi connectivity index (χ1n) is 6.46. The monoisotopic (exact) mass is 319 g/mol. The standard InChI is InChI=1S/C15H17N3OS2/c1-10-8-11(2)17-15(16-10)21-13-6-4-12(5-7-13)18-14(19)9-20-3/h4-8H,9H2,1-3H3,(H,18,19). The molecule has 1 aromatic carbocycles. The third kappa shape index (κ3) is 5.06. The summed E-state index contributed by atoms with van der Waals surface area (Å²) in [7, 11) is 0. The highest BCUT2D eigenvalue weighted by Crippen LogP contribution is 2.26. The minimum absolute atomic E-state index is 0.0144. The average Bonchev–Trinajstić information content (AvgIpc) is 2.40. The first-order valence-corrected chi connectivity index (χ1v) is 8.67. The van der Waals surface area contributed by atoms with Gasteiger partial charge in [0.15, 0.2) is 5.16 Å². The Labute approximate surface area is 133 Å². The highest BCUT2D eigenvalue weighted by molar-refractivity contribution is 7.99. The molecular weight excluding hydrogens is 302 g/mol. The van der Waals surface area contributed by atoms with Crippen LogP contribution in [-0.2, 0) is 4.79 Å². The van der Waals surface area contributed by atoms with E-state index in [9.17, 15) is 4.79 Å². The minimum Gasteiger partial charge on any atom is -0.325 e. The number of rotatable bonds is 5. The molecule has 0 aliphatic carbocycles. The van der Waals surface area contributed by atoms with Crippen LogP contribution in [0.4, 0.5) is 5.69 Å². The molecule has 0 spiro atoms. The van der Waals surface area contributed by atoms with Crippen LogP contribution in [0, 0.1) is 13.8 Å². The van der Waals surface area contributed by atoms with Crippen LogP contribution in [0.3, 0.4) is 0 Å². The fourth-order valence-corrected chi connectivity index (χ4v) is 2.98. The third-order valence-electron chi connectivity index (χ3n) is 2.58. The van der Waals surface area contributed by atoms with Gasteiger partial charge in [-0.05, 0) is 62.2 Å². The molecule has 2 rings (SSSR count). The molecule has 0 aliphatic heterocycles. The number of aryl methyl sites for hydroxylation is 2. The normalized spacial score (nSPS) is 10.4. The molecule has 1 N–H and O–H groups in total. The molecule has 0 radical (unpaired) electrons. The molecule has 0 unspecified atom stereocenters. The van der Waals surface area contributed by atoms with Crippen molar-refractivity contribution in [2.24, 2.45) is 0 Å². The molecule has 6 heteroatoms. The van der Waals surface area contributed by atoms with Gasteiger partial charge in [0, 0.05) is 22.0 Å². The lowest BCUT2D eigenvalue weighted by Gasteiger charge is -2.06. The van der Waals surface area contributed by atoms with Crippen molar-refractivity contribution >= 4 is 35.1 Å². The molecule has 0 saturated heterocycles. The van der Waals surface area contributed by atoms with E-state index in [1.165, 1.54) is 23.5 Å². The molecular formula is C15H17N3OS2. The zero-order valence-electron chi connectivity index (χ0n) is 12.2. The van der Waals surface area contributed by atoms with Gasteiger partial charge in [-0.2, -0.15) is 11.8 Å². The van der Waals surface area contributed by atoms with Crippen molar-refractivity contribution in [2.75, 3.05) is 17.3 Å². The van der Waals surface area contributed by atoms with Crippen LogP contribution in [0.25, 0.3) is 0 Å². The Morgan fingerprint density at radius 3 is 2.33 bits per heavy atom. The lowest BCUT2D eigenvalue weighted by atomic mass is 10.3. The number of carbonyl (C=O) groups excluding carboxylic acids is 1. The van der Waals surface area contributed by atoms with Crippen molar-refractivity contribution in [3.8, 4) is 0 Å². The highest BCUT2D eigenvalue weighted by Gasteiger charge is 2.04. The van der Waals surface area contributed by atoms with Crippen LogP contribution < -0.4 is 5.32 Å². The molecule has 0 fully saturated rings. The van der Waals surface area contributed by atoms with E-state index in [-0.39, 0.29) is 5.91 Å². The number of aromatic nitrogens is 2. The zero-order chi connectivity index (χ0) is 15.2. The summed E-state index contributed by atoms with van der Waals surface area (Å²) in [5.41, 5.74) is 2.73. The third-order valence-corrected chi connectivity index (χ3v) is 4.01. The Balaban J connectivity index is 2.03. The second kappa shape index (κ2) is 7.47. The number of carbonyl (C=O) groups is 1. The number of benzene rings is 1. The van der Waals surface area contributed by atoms with Gasteiger partial charge in [0.1, 0.15) is 0 Å². The van der Waals surface area contributed by atoms with Crippen LogP contribution in [0.2, 0.25) is 0 Å². The Kier molecular flexibility index (Phi) is 5.64. The molecule has 0 atom stereocenters. The topological polar surface area (TPSA) is 54.9 Å². The Hall–Kier alpha value is -1.53. The van der Waals surface area contributed by atoms with Crippen molar-refractivity contribution in [2.45, 2.75) is 23.9 Å². The van der Waals surface area contributed by atoms with Gasteiger partial charge < -0.3 is 5.32 Å². The molecule has 110 valence electrons. The Morgan fingerprint density at radius 2 is 1.76 bits per heavy atom. The predicted molar refractivity (Wildman–Crippen MR) is 89.1 cm³/mol. The van der Waals surface area contributed by atoms with Gasteiger partial charge in [0.2, 0.25) is 5.91 Å². The van der Waals surface area contributed by atoms with Crippen LogP contribution in [0.15, 0.2) is 40.4 Å². The summed E-state index contributed by atoms with van der Waals surface area (Å²) in [6.45, 7) is 3.92. The van der Waals surface area contributed by atoms with E-state index >= 15 is 0 Å². The molecule has 4 nitrogen and oxygen atoms in total. The lowest BCUT2D eigenvalue weighted by Crippen LogP contribution is -2.13. The molecule has 1 heterocycles. The van der Waals surface area contributed by atoms with Crippen molar-refractivity contribution in [3.05, 3.63) is 41.7 Å². The van der Waals surface area contributed by atoms with Crippen LogP contribution in [0.5, 0.6) is 0 Å². The number of hydrogen-bond acceptors (Lipinski definition) is 5. The van der Waals surface area contributed by atoms with E-state index in [2.05, 4.69) is 15.3 Å². The summed E-state index contributed by atoms with van der Waals surface area (Å²) in [4.78, 5) is 21.4. The molecule has 21 heavy (non-hydrogen) atoms. The first kappa shape index (κ1) is 15.9. The van der Waals surface area contributed by atoms with Crippen LogP contribution in [-0.4, -0.2) is 27.9 Å². The summed E-state index contributed by atoms with van der Waals surface area (Å²) >= 11 is 3.02. The van der Waals surface area contributed by atoms with Crippen LogP contribution in [0.1, 0.15) is 11.4 Å². The smallest absolute Gasteiger partial charge is 0.234 e. The van der Waals surface area contributed by atoms with E-state index in [1.807, 2.05) is 50.4 Å². The first-order chi connectivity index (χ1) is 10.1. The molecule has 2 aromatic rings. The fraction of sp³-hybridized carbons (Fsp3) is 0.267. The van der Waals surface area contributed by atoms with Gasteiger partial charge in [-0.1, -0.05) is 0 Å². The van der Waals surface area contributed by atoms with Crippen molar-refractivity contribution < 1.29 is 4.79 Å². The summed E-state index contributed by atoms with van der Waals surface area (Å²) < 4.78 is 0. The average molecular weight is 319 g/mol. The predicted octanol–water partition coefficient (Wildman–Crippen LogP) is 3.55. The van der Waals surface area contributed by atoms with E-state index in [1.54, 1.807) is 0 Å². The largest absolute Gasteiger partial charge is 0.325 e. The maximum Gasteiger partial charge on any atom is 0.234 e. The maximum absolute atomic E-state index is 11.5. The van der Waals surface area contributed by atoms with Gasteiger partial charge in [-0.25, -0.2) is 9.97 Å². The number of hydrogen-bond donors (Lipinski definition) is 1. The summed E-state index contributed by atoms with van der Waals surface area (Å²) in [6, 6.07) is 9.65. The van der Waals surface area contributed by atoms with E-state index < -0.39 is 0 Å². The number of nitrogens with zero attached hydrogens (tertiary/aromatic N) is 2. The van der Waals surface area contributed by atoms with Gasteiger partial charge >= 0.3 is 0 Å². The number of amides is 1. The van der Waals surface area contributed by atoms with Crippen molar-refractivity contribution in [1.82, 2.24) is 9.97 Å². The minimum atomic E-state index is 0.0144. The highest BCUT2D eigenvalue weighted by atomic mass is 32.2. The second-order valence-corrected chi connectivity index (χ2v) is 6.45. The Morgan fingerprint density at radius 1 is 1.14 bits per heavy atom. The van der Waals surface area contributed by atoms with Crippen molar-refractivity contribution in [3.63, 3.8) is 0 Å². The number of anilines is 1. The Bertz CT molecular complexity index is 609. The van der Waals surface area contributed by atoms with Crippen molar-refractivity contribution in [1.29, 1.82) is 0 Å². The van der Waals surface area contributed by atoms with Gasteiger partial charge in [-0.15, -0.1) is 0 Å². The number of nitrogens with one attached hydrogen (secondary N) is 1. The molecule has 0 bridgehead atoms. The maximum atomic E-state index is 11.5. The number of thioether (sulfide) groups is 1. The molecule has 1 amide bonds. The lowest BCUT2D eigenvalue weighted by molar-refractivity contribution is -0.113.